The molecule has 4 aromatic rings. The number of benzene rings is 1. The number of rotatable bonds is 7. The van der Waals surface area contributed by atoms with Gasteiger partial charge in [-0.1, -0.05) is 48.2 Å². The molecule has 0 saturated carbocycles. The highest BCUT2D eigenvalue weighted by Gasteiger charge is 2.21. The minimum Gasteiger partial charge on any atom is -0.368 e. The van der Waals surface area contributed by atoms with Crippen LogP contribution >= 0.6 is 23.1 Å². The molecular weight excluding hydrogens is 416 g/mol. The van der Waals surface area contributed by atoms with E-state index in [2.05, 4.69) is 47.9 Å². The van der Waals surface area contributed by atoms with Gasteiger partial charge in [-0.3, -0.25) is 4.57 Å². The molecule has 3 heterocycles. The van der Waals surface area contributed by atoms with Crippen molar-refractivity contribution in [2.24, 2.45) is 0 Å². The lowest BCUT2D eigenvalue weighted by Gasteiger charge is -2.15. The van der Waals surface area contributed by atoms with Crippen molar-refractivity contribution < 1.29 is 0 Å². The van der Waals surface area contributed by atoms with E-state index >= 15 is 0 Å². The third-order valence-corrected chi connectivity index (χ3v) is 6.29. The molecular formula is C20H22N8S2. The summed E-state index contributed by atoms with van der Waals surface area (Å²) in [6, 6.07) is 14.4. The van der Waals surface area contributed by atoms with Crippen LogP contribution in [0, 0.1) is 0 Å². The standard InChI is InChI=1S/C20H22N8S2/c1-13(16-22-18(21)24-19(23-16)27(2)3)30-20-26-25-17(15-10-7-11-29-15)28(20)12-14-8-5-4-6-9-14/h4-11,13H,12H2,1-3H3,(H2,21,22,23,24). The summed E-state index contributed by atoms with van der Waals surface area (Å²) in [5.74, 6) is 2.21. The van der Waals surface area contributed by atoms with Crippen LogP contribution in [0.25, 0.3) is 10.7 Å². The largest absolute Gasteiger partial charge is 0.368 e. The van der Waals surface area contributed by atoms with Crippen LogP contribution in [0.2, 0.25) is 0 Å². The first-order chi connectivity index (χ1) is 14.5. The maximum absolute atomic E-state index is 5.90. The molecule has 0 aliphatic rings. The molecule has 1 unspecified atom stereocenters. The molecule has 2 N–H and O–H groups in total. The van der Waals surface area contributed by atoms with Crippen molar-refractivity contribution in [2.45, 2.75) is 23.9 Å². The molecule has 0 spiro atoms. The highest BCUT2D eigenvalue weighted by molar-refractivity contribution is 7.99. The minimum absolute atomic E-state index is 0.0797. The molecule has 4 rings (SSSR count). The average molecular weight is 439 g/mol. The van der Waals surface area contributed by atoms with Gasteiger partial charge in [-0.25, -0.2) is 0 Å². The van der Waals surface area contributed by atoms with E-state index in [1.54, 1.807) is 23.1 Å². The van der Waals surface area contributed by atoms with Crippen LogP contribution in [0.3, 0.4) is 0 Å². The zero-order valence-electron chi connectivity index (χ0n) is 16.9. The summed E-state index contributed by atoms with van der Waals surface area (Å²) < 4.78 is 2.14. The number of hydrogen-bond donors (Lipinski definition) is 1. The van der Waals surface area contributed by atoms with E-state index in [0.717, 1.165) is 15.9 Å². The molecule has 0 radical (unpaired) electrons. The quantitative estimate of drug-likeness (QED) is 0.436. The van der Waals surface area contributed by atoms with Gasteiger partial charge in [-0.15, -0.1) is 21.5 Å². The normalized spacial score (nSPS) is 12.1. The Morgan fingerprint density at radius 2 is 1.87 bits per heavy atom. The average Bonchev–Trinajstić information content (AvgIpc) is 3.39. The minimum atomic E-state index is -0.0797. The van der Waals surface area contributed by atoms with E-state index in [4.69, 9.17) is 5.73 Å². The molecule has 0 aliphatic heterocycles. The van der Waals surface area contributed by atoms with E-state index in [1.807, 2.05) is 55.6 Å². The van der Waals surface area contributed by atoms with E-state index in [-0.39, 0.29) is 11.2 Å². The fourth-order valence-corrected chi connectivity index (χ4v) is 4.47. The van der Waals surface area contributed by atoms with Crippen molar-refractivity contribution in [2.75, 3.05) is 24.7 Å². The monoisotopic (exact) mass is 438 g/mol. The van der Waals surface area contributed by atoms with E-state index in [9.17, 15) is 0 Å². The second kappa shape index (κ2) is 8.80. The Kier molecular flexibility index (Phi) is 5.96. The Bertz CT molecular complexity index is 1110. The molecule has 0 amide bonds. The SMILES string of the molecule is CC(Sc1nnc(-c2cccs2)n1Cc1ccccc1)c1nc(N)nc(N(C)C)n1. The second-order valence-corrected chi connectivity index (χ2v) is 9.12. The Balaban J connectivity index is 1.67. The molecule has 0 bridgehead atoms. The lowest BCUT2D eigenvalue weighted by molar-refractivity contribution is 0.712. The number of hydrogen-bond acceptors (Lipinski definition) is 9. The van der Waals surface area contributed by atoms with Crippen molar-refractivity contribution in [3.63, 3.8) is 0 Å². The topological polar surface area (TPSA) is 98.6 Å². The van der Waals surface area contributed by atoms with Gasteiger partial charge in [-0.2, -0.15) is 15.0 Å². The van der Waals surface area contributed by atoms with Crippen molar-refractivity contribution in [3.05, 3.63) is 59.2 Å². The fraction of sp³-hybridized carbons (Fsp3) is 0.250. The molecule has 30 heavy (non-hydrogen) atoms. The Morgan fingerprint density at radius 3 is 2.57 bits per heavy atom. The second-order valence-electron chi connectivity index (χ2n) is 6.86. The summed E-state index contributed by atoms with van der Waals surface area (Å²) in [5, 5.41) is 11.7. The van der Waals surface area contributed by atoms with E-state index in [0.29, 0.717) is 18.3 Å². The van der Waals surface area contributed by atoms with Gasteiger partial charge in [0.05, 0.1) is 16.7 Å². The van der Waals surface area contributed by atoms with E-state index < -0.39 is 0 Å². The number of anilines is 2. The zero-order valence-corrected chi connectivity index (χ0v) is 18.6. The van der Waals surface area contributed by atoms with Crippen molar-refractivity contribution >= 4 is 35.0 Å². The molecule has 3 aromatic heterocycles. The lowest BCUT2D eigenvalue weighted by atomic mass is 10.2. The van der Waals surface area contributed by atoms with Gasteiger partial charge in [0.15, 0.2) is 11.0 Å². The maximum Gasteiger partial charge on any atom is 0.229 e. The van der Waals surface area contributed by atoms with Crippen molar-refractivity contribution in [1.82, 2.24) is 29.7 Å². The van der Waals surface area contributed by atoms with Crippen molar-refractivity contribution in [1.29, 1.82) is 0 Å². The first-order valence-electron chi connectivity index (χ1n) is 9.37. The Labute approximate surface area is 183 Å². The smallest absolute Gasteiger partial charge is 0.229 e. The molecule has 1 aromatic carbocycles. The molecule has 0 aliphatic carbocycles. The number of nitrogens with zero attached hydrogens (tertiary/aromatic N) is 7. The molecule has 1 atom stereocenters. The predicted molar refractivity (Wildman–Crippen MR) is 122 cm³/mol. The van der Waals surface area contributed by atoms with Gasteiger partial charge in [0.1, 0.15) is 5.82 Å². The first kappa shape index (κ1) is 20.3. The summed E-state index contributed by atoms with van der Waals surface area (Å²) in [4.78, 5) is 15.9. The molecule has 0 saturated heterocycles. The summed E-state index contributed by atoms with van der Waals surface area (Å²) in [6.45, 7) is 2.71. The first-order valence-corrected chi connectivity index (χ1v) is 11.1. The van der Waals surface area contributed by atoms with Crippen LogP contribution in [0.5, 0.6) is 0 Å². The third kappa shape index (κ3) is 4.44. The number of nitrogens with two attached hydrogens (primary N) is 1. The highest BCUT2D eigenvalue weighted by Crippen LogP contribution is 2.35. The summed E-state index contributed by atoms with van der Waals surface area (Å²) in [5.41, 5.74) is 7.08. The van der Waals surface area contributed by atoms with Gasteiger partial charge in [0.2, 0.25) is 11.9 Å². The van der Waals surface area contributed by atoms with Gasteiger partial charge in [0.25, 0.3) is 0 Å². The Hall–Kier alpha value is -2.98. The number of thiophene rings is 1. The van der Waals surface area contributed by atoms with E-state index in [1.165, 1.54) is 5.56 Å². The number of aromatic nitrogens is 6. The molecule has 0 fully saturated rings. The van der Waals surface area contributed by atoms with Crippen LogP contribution in [0.4, 0.5) is 11.9 Å². The third-order valence-electron chi connectivity index (χ3n) is 4.35. The molecule has 10 heteroatoms. The summed E-state index contributed by atoms with van der Waals surface area (Å²) in [7, 11) is 3.75. The maximum atomic E-state index is 5.90. The number of thioether (sulfide) groups is 1. The van der Waals surface area contributed by atoms with Gasteiger partial charge < -0.3 is 10.6 Å². The highest BCUT2D eigenvalue weighted by atomic mass is 32.2. The van der Waals surface area contributed by atoms with Gasteiger partial charge in [-0.05, 0) is 23.9 Å². The van der Waals surface area contributed by atoms with Gasteiger partial charge in [0, 0.05) is 14.1 Å². The lowest BCUT2D eigenvalue weighted by Crippen LogP contribution is -2.16. The van der Waals surface area contributed by atoms with Gasteiger partial charge >= 0.3 is 0 Å². The fourth-order valence-electron chi connectivity index (χ4n) is 2.86. The molecule has 8 nitrogen and oxygen atoms in total. The van der Waals surface area contributed by atoms with Crippen LogP contribution in [0.15, 0.2) is 53.0 Å². The van der Waals surface area contributed by atoms with Crippen LogP contribution in [0.1, 0.15) is 23.6 Å². The molecule has 154 valence electrons. The Morgan fingerprint density at radius 1 is 1.07 bits per heavy atom. The predicted octanol–water partition coefficient (Wildman–Crippen LogP) is 3.74. The van der Waals surface area contributed by atoms with Crippen LogP contribution in [-0.4, -0.2) is 43.8 Å². The van der Waals surface area contributed by atoms with Crippen LogP contribution in [-0.2, 0) is 6.54 Å². The van der Waals surface area contributed by atoms with Crippen LogP contribution < -0.4 is 10.6 Å². The number of nitrogen functional groups attached to an aromatic ring is 1. The zero-order chi connectivity index (χ0) is 21.1. The summed E-state index contributed by atoms with van der Waals surface area (Å²) in [6.07, 6.45) is 0. The van der Waals surface area contributed by atoms with Crippen molar-refractivity contribution in [3.8, 4) is 10.7 Å². The summed E-state index contributed by atoms with van der Waals surface area (Å²) >= 11 is 3.21.